The summed E-state index contributed by atoms with van der Waals surface area (Å²) in [5.41, 5.74) is 1.63. The second-order valence-electron chi connectivity index (χ2n) is 4.24. The zero-order valence-corrected chi connectivity index (χ0v) is 9.31. The first-order valence-electron chi connectivity index (χ1n) is 5.92. The van der Waals surface area contributed by atoms with Gasteiger partial charge in [0, 0.05) is 26.2 Å². The van der Waals surface area contributed by atoms with Crippen LogP contribution in [0.4, 0.5) is 0 Å². The highest BCUT2D eigenvalue weighted by molar-refractivity contribution is 5.76. The van der Waals surface area contributed by atoms with E-state index in [2.05, 4.69) is 18.4 Å². The molecule has 0 radical (unpaired) electrons. The zero-order chi connectivity index (χ0) is 9.52. The molecule has 0 saturated carbocycles. The molecule has 0 spiro atoms. The van der Waals surface area contributed by atoms with Crippen molar-refractivity contribution < 1.29 is 4.58 Å². The van der Waals surface area contributed by atoms with Gasteiger partial charge < -0.3 is 0 Å². The average molecular weight is 182 g/mol. The quantitative estimate of drug-likeness (QED) is 0.453. The fraction of sp³-hybridized carbons (Fsp3) is 0.917. The van der Waals surface area contributed by atoms with Crippen molar-refractivity contribution in [3.05, 3.63) is 0 Å². The van der Waals surface area contributed by atoms with Gasteiger partial charge in [-0.05, 0) is 6.42 Å². The molecule has 1 nitrogen and oxygen atoms in total. The lowest BCUT2D eigenvalue weighted by Gasteiger charge is -2.00. The molecule has 1 heteroatoms. The fourth-order valence-electron chi connectivity index (χ4n) is 2.06. The molecular weight excluding hydrogens is 158 g/mol. The summed E-state index contributed by atoms with van der Waals surface area (Å²) in [5.74, 6) is 0. The summed E-state index contributed by atoms with van der Waals surface area (Å²) in [6.45, 7) is 7.23. The number of rotatable bonds is 5. The number of hydrogen-bond donors (Lipinski definition) is 0. The van der Waals surface area contributed by atoms with Crippen LogP contribution in [-0.4, -0.2) is 23.4 Å². The Labute approximate surface area is 82.9 Å². The van der Waals surface area contributed by atoms with Crippen molar-refractivity contribution in [2.45, 2.75) is 58.8 Å². The van der Waals surface area contributed by atoms with Crippen molar-refractivity contribution >= 4 is 5.71 Å². The van der Waals surface area contributed by atoms with Gasteiger partial charge in [-0.3, -0.25) is 0 Å². The molecule has 1 heterocycles. The molecule has 0 aliphatic carbocycles. The van der Waals surface area contributed by atoms with Crippen molar-refractivity contribution in [1.29, 1.82) is 0 Å². The second kappa shape index (κ2) is 6.17. The Bertz CT molecular complexity index is 162. The van der Waals surface area contributed by atoms with Gasteiger partial charge in [-0.25, -0.2) is 4.58 Å². The van der Waals surface area contributed by atoms with Crippen LogP contribution in [0.25, 0.3) is 0 Å². The van der Waals surface area contributed by atoms with E-state index >= 15 is 0 Å². The second-order valence-corrected chi connectivity index (χ2v) is 4.24. The highest BCUT2D eigenvalue weighted by Crippen LogP contribution is 2.07. The normalized spacial score (nSPS) is 16.6. The lowest BCUT2D eigenvalue weighted by Crippen LogP contribution is -2.15. The molecule has 76 valence electrons. The minimum Gasteiger partial charge on any atom is -0.237 e. The van der Waals surface area contributed by atoms with Crippen LogP contribution in [-0.2, 0) is 0 Å². The molecule has 0 N–H and O–H groups in total. The molecule has 0 aromatic rings. The van der Waals surface area contributed by atoms with Gasteiger partial charge in [0.05, 0.1) is 0 Å². The largest absolute Gasteiger partial charge is 0.237 e. The molecule has 0 aromatic carbocycles. The van der Waals surface area contributed by atoms with Gasteiger partial charge in [-0.15, -0.1) is 0 Å². The van der Waals surface area contributed by atoms with Crippen molar-refractivity contribution in [3.8, 4) is 0 Å². The third kappa shape index (κ3) is 3.93. The van der Waals surface area contributed by atoms with Gasteiger partial charge in [0.2, 0.25) is 0 Å². The van der Waals surface area contributed by atoms with E-state index in [0.717, 1.165) is 0 Å². The van der Waals surface area contributed by atoms with E-state index in [1.54, 1.807) is 5.71 Å². The van der Waals surface area contributed by atoms with Gasteiger partial charge in [0.1, 0.15) is 18.8 Å². The molecule has 1 fully saturated rings. The van der Waals surface area contributed by atoms with Crippen LogP contribution in [0.3, 0.4) is 0 Å². The van der Waals surface area contributed by atoms with E-state index in [4.69, 9.17) is 0 Å². The third-order valence-corrected chi connectivity index (χ3v) is 3.04. The highest BCUT2D eigenvalue weighted by Gasteiger charge is 2.15. The predicted octanol–water partition coefficient (Wildman–Crippen LogP) is 3.22. The van der Waals surface area contributed by atoms with Gasteiger partial charge in [-0.2, -0.15) is 0 Å². The summed E-state index contributed by atoms with van der Waals surface area (Å²) in [7, 11) is 0. The molecular formula is C12H24N+. The molecule has 1 aliphatic heterocycles. The topological polar surface area (TPSA) is 3.01 Å². The molecule has 0 unspecified atom stereocenters. The van der Waals surface area contributed by atoms with E-state index in [9.17, 15) is 0 Å². The Kier molecular flexibility index (Phi) is 5.10. The van der Waals surface area contributed by atoms with Crippen molar-refractivity contribution in [3.63, 3.8) is 0 Å². The summed E-state index contributed by atoms with van der Waals surface area (Å²) in [6.07, 6.45) is 9.73. The summed E-state index contributed by atoms with van der Waals surface area (Å²) >= 11 is 0. The maximum Gasteiger partial charge on any atom is 0.149 e. The first-order chi connectivity index (χ1) is 6.34. The van der Waals surface area contributed by atoms with Crippen LogP contribution >= 0.6 is 0 Å². The Morgan fingerprint density at radius 2 is 1.77 bits per heavy atom. The molecule has 0 amide bonds. The van der Waals surface area contributed by atoms with Gasteiger partial charge in [-0.1, -0.05) is 26.2 Å². The summed E-state index contributed by atoms with van der Waals surface area (Å²) in [6, 6.07) is 0. The Hall–Kier alpha value is -0.330. The number of nitrogens with zero attached hydrogens (tertiary/aromatic N) is 1. The average Bonchev–Trinajstić information content (AvgIpc) is 2.65. The molecule has 13 heavy (non-hydrogen) atoms. The fourth-order valence-corrected chi connectivity index (χ4v) is 2.06. The SMILES string of the molecule is CCCCCCC(C)=[N+]1CCCC1. The maximum atomic E-state index is 2.58. The predicted molar refractivity (Wildman–Crippen MR) is 58.7 cm³/mol. The minimum atomic E-state index is 1.32. The monoisotopic (exact) mass is 182 g/mol. The van der Waals surface area contributed by atoms with Crippen LogP contribution in [0.5, 0.6) is 0 Å². The maximum absolute atomic E-state index is 2.58. The molecule has 1 aliphatic rings. The lowest BCUT2D eigenvalue weighted by atomic mass is 10.1. The number of unbranched alkanes of at least 4 members (excludes halogenated alkanes) is 3. The summed E-state index contributed by atoms with van der Waals surface area (Å²) in [5, 5.41) is 0. The molecule has 0 bridgehead atoms. The standard InChI is InChI=1S/C12H24N/c1-3-4-5-6-9-12(2)13-10-7-8-11-13/h3-11H2,1-2H3/q+1. The van der Waals surface area contributed by atoms with Crippen LogP contribution in [0, 0.1) is 0 Å². The first-order valence-corrected chi connectivity index (χ1v) is 5.92. The summed E-state index contributed by atoms with van der Waals surface area (Å²) in [4.78, 5) is 0. The van der Waals surface area contributed by atoms with Crippen molar-refractivity contribution in [2.24, 2.45) is 0 Å². The van der Waals surface area contributed by atoms with E-state index in [1.165, 1.54) is 58.0 Å². The van der Waals surface area contributed by atoms with Crippen molar-refractivity contribution in [2.75, 3.05) is 13.1 Å². The smallest absolute Gasteiger partial charge is 0.149 e. The van der Waals surface area contributed by atoms with Crippen LogP contribution < -0.4 is 0 Å². The Balaban J connectivity index is 2.16. The summed E-state index contributed by atoms with van der Waals surface area (Å²) < 4.78 is 2.58. The van der Waals surface area contributed by atoms with E-state index in [0.29, 0.717) is 0 Å². The number of hydrogen-bond acceptors (Lipinski definition) is 0. The van der Waals surface area contributed by atoms with Crippen molar-refractivity contribution in [1.82, 2.24) is 0 Å². The highest BCUT2D eigenvalue weighted by atomic mass is 15.0. The van der Waals surface area contributed by atoms with Gasteiger partial charge in [0.25, 0.3) is 0 Å². The van der Waals surface area contributed by atoms with Crippen LogP contribution in [0.1, 0.15) is 58.8 Å². The Morgan fingerprint density at radius 3 is 2.38 bits per heavy atom. The minimum absolute atomic E-state index is 1.32. The molecule has 0 aromatic heterocycles. The van der Waals surface area contributed by atoms with Crippen LogP contribution in [0.2, 0.25) is 0 Å². The molecule has 1 saturated heterocycles. The Morgan fingerprint density at radius 1 is 1.08 bits per heavy atom. The van der Waals surface area contributed by atoms with E-state index in [-0.39, 0.29) is 0 Å². The van der Waals surface area contributed by atoms with Gasteiger partial charge >= 0.3 is 0 Å². The van der Waals surface area contributed by atoms with Crippen LogP contribution in [0.15, 0.2) is 0 Å². The lowest BCUT2D eigenvalue weighted by molar-refractivity contribution is -0.507. The van der Waals surface area contributed by atoms with E-state index in [1.807, 2.05) is 0 Å². The van der Waals surface area contributed by atoms with Gasteiger partial charge in [0.15, 0.2) is 0 Å². The third-order valence-electron chi connectivity index (χ3n) is 3.04. The van der Waals surface area contributed by atoms with E-state index < -0.39 is 0 Å². The molecule has 0 atom stereocenters. The molecule has 1 rings (SSSR count). The first kappa shape index (κ1) is 10.7. The zero-order valence-electron chi connectivity index (χ0n) is 9.31.